The van der Waals surface area contributed by atoms with Crippen LogP contribution in [0, 0.1) is 0 Å². The molecule has 5 heteroatoms. The zero-order valence-corrected chi connectivity index (χ0v) is 5.34. The standard InChI is InChI=1S/C5H9BO4/c6-5-4(9)3(8)2(1-7)10-5/h2-5,7-9H,1H2/t2-,3?,4+,5-/m1/s1. The van der Waals surface area contributed by atoms with E-state index in [0.29, 0.717) is 0 Å². The second kappa shape index (κ2) is 2.88. The normalized spacial score (nSPS) is 47.9. The summed E-state index contributed by atoms with van der Waals surface area (Å²) in [6.07, 6.45) is -2.90. The Balaban J connectivity index is 2.53. The lowest BCUT2D eigenvalue weighted by molar-refractivity contribution is -0.00875. The van der Waals surface area contributed by atoms with Crippen molar-refractivity contribution in [2.75, 3.05) is 6.61 Å². The van der Waals surface area contributed by atoms with Crippen molar-refractivity contribution in [3.8, 4) is 0 Å². The number of aliphatic hydroxyl groups is 3. The highest BCUT2D eigenvalue weighted by Crippen LogP contribution is 2.18. The molecule has 0 spiro atoms. The van der Waals surface area contributed by atoms with Gasteiger partial charge in [0.05, 0.1) is 12.7 Å². The van der Waals surface area contributed by atoms with E-state index in [1.807, 2.05) is 0 Å². The van der Waals surface area contributed by atoms with Crippen molar-refractivity contribution < 1.29 is 20.1 Å². The van der Waals surface area contributed by atoms with E-state index in [1.165, 1.54) is 0 Å². The van der Waals surface area contributed by atoms with E-state index in [9.17, 15) is 0 Å². The quantitative estimate of drug-likeness (QED) is 0.358. The van der Waals surface area contributed by atoms with Crippen molar-refractivity contribution >= 4 is 7.85 Å². The molecule has 1 saturated heterocycles. The lowest BCUT2D eigenvalue weighted by atomic mass is 9.93. The first-order valence-electron chi connectivity index (χ1n) is 3.05. The molecule has 1 unspecified atom stereocenters. The molecule has 56 valence electrons. The first-order valence-corrected chi connectivity index (χ1v) is 3.05. The van der Waals surface area contributed by atoms with Gasteiger partial charge >= 0.3 is 0 Å². The molecule has 10 heavy (non-hydrogen) atoms. The van der Waals surface area contributed by atoms with Gasteiger partial charge in [0.2, 0.25) is 0 Å². The van der Waals surface area contributed by atoms with Gasteiger partial charge in [-0.2, -0.15) is 0 Å². The molecule has 4 nitrogen and oxygen atoms in total. The zero-order chi connectivity index (χ0) is 7.72. The second-order valence-electron chi connectivity index (χ2n) is 2.30. The van der Waals surface area contributed by atoms with Crippen LogP contribution in [0.4, 0.5) is 0 Å². The smallest absolute Gasteiger partial charge is 0.112 e. The molecule has 0 aromatic carbocycles. The summed E-state index contributed by atoms with van der Waals surface area (Å²) in [7, 11) is 5.19. The van der Waals surface area contributed by atoms with Crippen molar-refractivity contribution in [2.24, 2.45) is 0 Å². The van der Waals surface area contributed by atoms with Crippen LogP contribution < -0.4 is 0 Å². The Hall–Kier alpha value is -0.0951. The van der Waals surface area contributed by atoms with Crippen LogP contribution in [0.2, 0.25) is 0 Å². The highest BCUT2D eigenvalue weighted by Gasteiger charge is 2.38. The van der Waals surface area contributed by atoms with Crippen LogP contribution in [-0.4, -0.2) is 54.1 Å². The highest BCUT2D eigenvalue weighted by molar-refractivity contribution is 6.11. The summed E-state index contributed by atoms with van der Waals surface area (Å²) in [5.74, 6) is 0. The molecule has 0 amide bonds. The second-order valence-corrected chi connectivity index (χ2v) is 2.30. The molecule has 1 rings (SSSR count). The Morgan fingerprint density at radius 1 is 1.30 bits per heavy atom. The lowest BCUT2D eigenvalue weighted by Crippen LogP contribution is -2.33. The van der Waals surface area contributed by atoms with Gasteiger partial charge in [-0.1, -0.05) is 0 Å². The average Bonchev–Trinajstić information content (AvgIpc) is 2.17. The fraction of sp³-hybridized carbons (Fsp3) is 1.00. The maximum absolute atomic E-state index is 9.01. The Kier molecular flexibility index (Phi) is 2.30. The van der Waals surface area contributed by atoms with Crippen LogP contribution in [0.15, 0.2) is 0 Å². The number of aliphatic hydroxyl groups excluding tert-OH is 3. The Labute approximate surface area is 59.8 Å². The minimum Gasteiger partial charge on any atom is -0.394 e. The summed E-state index contributed by atoms with van der Waals surface area (Å²) in [4.78, 5) is 0. The molecule has 0 aromatic rings. The first kappa shape index (κ1) is 8.01. The van der Waals surface area contributed by atoms with Crippen molar-refractivity contribution in [2.45, 2.75) is 24.3 Å². The molecule has 1 aliphatic rings. The third kappa shape index (κ3) is 1.18. The average molecular weight is 144 g/mol. The van der Waals surface area contributed by atoms with E-state index in [4.69, 9.17) is 27.9 Å². The number of hydrogen-bond donors (Lipinski definition) is 3. The van der Waals surface area contributed by atoms with Gasteiger partial charge in [0.25, 0.3) is 0 Å². The van der Waals surface area contributed by atoms with Crippen LogP contribution in [0.25, 0.3) is 0 Å². The lowest BCUT2D eigenvalue weighted by Gasteiger charge is -2.10. The predicted molar refractivity (Wildman–Crippen MR) is 33.5 cm³/mol. The number of rotatable bonds is 1. The maximum Gasteiger partial charge on any atom is 0.112 e. The Bertz CT molecular complexity index is 120. The van der Waals surface area contributed by atoms with E-state index in [1.54, 1.807) is 0 Å². The summed E-state index contributed by atoms with van der Waals surface area (Å²) >= 11 is 0. The third-order valence-electron chi connectivity index (χ3n) is 1.58. The van der Waals surface area contributed by atoms with Crippen molar-refractivity contribution in [1.29, 1.82) is 0 Å². The molecule has 1 aliphatic heterocycles. The highest BCUT2D eigenvalue weighted by atomic mass is 16.5. The minimum atomic E-state index is -1.09. The van der Waals surface area contributed by atoms with E-state index in [0.717, 1.165) is 0 Å². The van der Waals surface area contributed by atoms with Gasteiger partial charge in [-0.05, 0) is 0 Å². The van der Waals surface area contributed by atoms with E-state index >= 15 is 0 Å². The fourth-order valence-corrected chi connectivity index (χ4v) is 0.928. The molecule has 3 N–H and O–H groups in total. The van der Waals surface area contributed by atoms with E-state index in [2.05, 4.69) is 0 Å². The van der Waals surface area contributed by atoms with Crippen molar-refractivity contribution in [3.63, 3.8) is 0 Å². The molecule has 0 aliphatic carbocycles. The fourth-order valence-electron chi connectivity index (χ4n) is 0.928. The summed E-state index contributed by atoms with van der Waals surface area (Å²) in [5.41, 5.74) is 0. The molecule has 0 bridgehead atoms. The van der Waals surface area contributed by atoms with E-state index < -0.39 is 24.3 Å². The minimum absolute atomic E-state index is 0.327. The third-order valence-corrected chi connectivity index (χ3v) is 1.58. The first-order chi connectivity index (χ1) is 4.66. The van der Waals surface area contributed by atoms with Gasteiger partial charge < -0.3 is 20.1 Å². The summed E-state index contributed by atoms with van der Waals surface area (Å²) in [5, 5.41) is 26.5. The van der Waals surface area contributed by atoms with Crippen LogP contribution in [0.1, 0.15) is 0 Å². The van der Waals surface area contributed by atoms with Crippen LogP contribution in [0.5, 0.6) is 0 Å². The number of ether oxygens (including phenoxy) is 1. The van der Waals surface area contributed by atoms with Gasteiger partial charge in [0.15, 0.2) is 0 Å². The van der Waals surface area contributed by atoms with Crippen LogP contribution in [-0.2, 0) is 4.74 Å². The SMILES string of the molecule is [B][C@@H]1O[C@H](CO)C(O)[C@@H]1O. The topological polar surface area (TPSA) is 69.9 Å². The summed E-state index contributed by atoms with van der Waals surface area (Å²) < 4.78 is 4.76. The largest absolute Gasteiger partial charge is 0.394 e. The van der Waals surface area contributed by atoms with Crippen molar-refractivity contribution in [1.82, 2.24) is 0 Å². The monoisotopic (exact) mass is 144 g/mol. The van der Waals surface area contributed by atoms with Gasteiger partial charge in [-0.15, -0.1) is 0 Å². The van der Waals surface area contributed by atoms with Gasteiger partial charge in [0.1, 0.15) is 20.1 Å². The molecular weight excluding hydrogens is 135 g/mol. The predicted octanol–water partition coefficient (Wildman–Crippen LogP) is -2.41. The molecule has 1 fully saturated rings. The van der Waals surface area contributed by atoms with Gasteiger partial charge in [-0.25, -0.2) is 0 Å². The molecule has 4 atom stereocenters. The Morgan fingerprint density at radius 2 is 1.90 bits per heavy atom. The number of hydrogen-bond acceptors (Lipinski definition) is 4. The summed E-state index contributed by atoms with van der Waals surface area (Å²) in [6, 6.07) is -0.882. The van der Waals surface area contributed by atoms with Crippen molar-refractivity contribution in [3.05, 3.63) is 0 Å². The summed E-state index contributed by atoms with van der Waals surface area (Å²) in [6.45, 7) is -0.327. The maximum atomic E-state index is 9.01. The van der Waals surface area contributed by atoms with E-state index in [-0.39, 0.29) is 6.61 Å². The molecule has 0 aromatic heterocycles. The molecule has 2 radical (unpaired) electrons. The van der Waals surface area contributed by atoms with Gasteiger partial charge in [-0.3, -0.25) is 0 Å². The van der Waals surface area contributed by atoms with Crippen LogP contribution in [0.3, 0.4) is 0 Å². The van der Waals surface area contributed by atoms with Gasteiger partial charge in [0, 0.05) is 6.00 Å². The molecular formula is C5H9BO4. The van der Waals surface area contributed by atoms with Crippen LogP contribution >= 0.6 is 0 Å². The zero-order valence-electron chi connectivity index (χ0n) is 5.34. The molecule has 0 saturated carbocycles. The Morgan fingerprint density at radius 3 is 2.10 bits per heavy atom. The molecule has 1 heterocycles.